The van der Waals surface area contributed by atoms with E-state index in [4.69, 9.17) is 27.9 Å². The molecule has 0 fully saturated rings. The standard InChI is InChI=1S/C26H23Cl2N3O2/c1-2-18-10-12-22(13-11-18)33-17-19-6-5-8-20(14-19)26(32)29-25-24(28)16-31(30-25)15-21-7-3-4-9-23(21)27/h3-14,16H,2,15,17H2,1H3,(H,29,30,32). The zero-order chi connectivity index (χ0) is 23.2. The Hall–Kier alpha value is -3.28. The van der Waals surface area contributed by atoms with Crippen molar-refractivity contribution in [3.05, 3.63) is 111 Å². The molecule has 33 heavy (non-hydrogen) atoms. The van der Waals surface area contributed by atoms with Crippen molar-refractivity contribution in [1.82, 2.24) is 9.78 Å². The molecule has 1 aromatic heterocycles. The van der Waals surface area contributed by atoms with Crippen LogP contribution in [0.25, 0.3) is 0 Å². The average molecular weight is 480 g/mol. The van der Waals surface area contributed by atoms with Gasteiger partial charge in [-0.2, -0.15) is 5.10 Å². The third-order valence-corrected chi connectivity index (χ3v) is 5.81. The van der Waals surface area contributed by atoms with Crippen LogP contribution in [-0.4, -0.2) is 15.7 Å². The van der Waals surface area contributed by atoms with Gasteiger partial charge in [0, 0.05) is 16.8 Å². The minimum absolute atomic E-state index is 0.297. The Morgan fingerprint density at radius 2 is 1.76 bits per heavy atom. The summed E-state index contributed by atoms with van der Waals surface area (Å²) in [6.07, 6.45) is 2.65. The van der Waals surface area contributed by atoms with E-state index in [9.17, 15) is 4.79 Å². The van der Waals surface area contributed by atoms with Gasteiger partial charge in [0.2, 0.25) is 0 Å². The minimum atomic E-state index is -0.297. The quantitative estimate of drug-likeness (QED) is 0.308. The van der Waals surface area contributed by atoms with E-state index in [2.05, 4.69) is 17.3 Å². The fourth-order valence-corrected chi connectivity index (χ4v) is 3.73. The van der Waals surface area contributed by atoms with Crippen LogP contribution in [0.1, 0.15) is 34.0 Å². The van der Waals surface area contributed by atoms with Crippen LogP contribution in [0, 0.1) is 0 Å². The number of carbonyl (C=O) groups is 1. The summed E-state index contributed by atoms with van der Waals surface area (Å²) in [5.41, 5.74) is 3.55. The lowest BCUT2D eigenvalue weighted by Crippen LogP contribution is -2.13. The summed E-state index contributed by atoms with van der Waals surface area (Å²) in [6, 6.07) is 22.8. The summed E-state index contributed by atoms with van der Waals surface area (Å²) in [5.74, 6) is 0.790. The number of aromatic nitrogens is 2. The van der Waals surface area contributed by atoms with E-state index in [-0.39, 0.29) is 5.91 Å². The molecule has 0 aliphatic carbocycles. The molecule has 1 heterocycles. The third kappa shape index (κ3) is 5.95. The lowest BCUT2D eigenvalue weighted by molar-refractivity contribution is 0.102. The number of aryl methyl sites for hydroxylation is 1. The number of nitrogens with zero attached hydrogens (tertiary/aromatic N) is 2. The van der Waals surface area contributed by atoms with E-state index in [1.54, 1.807) is 23.0 Å². The second-order valence-corrected chi connectivity index (χ2v) is 8.37. The van der Waals surface area contributed by atoms with Crippen molar-refractivity contribution in [2.45, 2.75) is 26.5 Å². The van der Waals surface area contributed by atoms with Crippen molar-refractivity contribution in [2.24, 2.45) is 0 Å². The highest BCUT2D eigenvalue weighted by Gasteiger charge is 2.14. The smallest absolute Gasteiger partial charge is 0.256 e. The molecule has 0 radical (unpaired) electrons. The highest BCUT2D eigenvalue weighted by molar-refractivity contribution is 6.33. The van der Waals surface area contributed by atoms with Crippen LogP contribution >= 0.6 is 23.2 Å². The van der Waals surface area contributed by atoms with Gasteiger partial charge in [0.15, 0.2) is 5.82 Å². The number of benzene rings is 3. The van der Waals surface area contributed by atoms with Crippen LogP contribution in [0.15, 0.2) is 79.0 Å². The van der Waals surface area contributed by atoms with Gasteiger partial charge in [-0.3, -0.25) is 9.48 Å². The molecule has 0 saturated heterocycles. The highest BCUT2D eigenvalue weighted by atomic mass is 35.5. The van der Waals surface area contributed by atoms with Crippen molar-refractivity contribution in [3.8, 4) is 5.75 Å². The number of halogens is 2. The zero-order valence-corrected chi connectivity index (χ0v) is 19.6. The number of amides is 1. The summed E-state index contributed by atoms with van der Waals surface area (Å²) in [4.78, 5) is 12.8. The van der Waals surface area contributed by atoms with E-state index in [1.165, 1.54) is 5.56 Å². The van der Waals surface area contributed by atoms with Gasteiger partial charge in [0.05, 0.1) is 6.54 Å². The molecule has 1 N–H and O–H groups in total. The number of carbonyl (C=O) groups excluding carboxylic acids is 1. The van der Waals surface area contributed by atoms with Gasteiger partial charge in [-0.25, -0.2) is 0 Å². The fourth-order valence-electron chi connectivity index (χ4n) is 3.33. The van der Waals surface area contributed by atoms with Gasteiger partial charge in [-0.1, -0.05) is 72.6 Å². The summed E-state index contributed by atoms with van der Waals surface area (Å²) in [7, 11) is 0. The summed E-state index contributed by atoms with van der Waals surface area (Å²) in [5, 5.41) is 8.18. The second kappa shape index (κ2) is 10.6. The number of nitrogens with one attached hydrogen (secondary N) is 1. The molecule has 0 bridgehead atoms. The normalized spacial score (nSPS) is 10.8. The van der Waals surface area contributed by atoms with Crippen LogP contribution in [-0.2, 0) is 19.6 Å². The molecular formula is C26H23Cl2N3O2. The topological polar surface area (TPSA) is 56.1 Å². The Kier molecular flexibility index (Phi) is 7.33. The van der Waals surface area contributed by atoms with Crippen LogP contribution < -0.4 is 10.1 Å². The molecular weight excluding hydrogens is 457 g/mol. The summed E-state index contributed by atoms with van der Waals surface area (Å²) in [6.45, 7) is 2.92. The van der Waals surface area contributed by atoms with E-state index >= 15 is 0 Å². The molecule has 0 aliphatic heterocycles. The van der Waals surface area contributed by atoms with Crippen molar-refractivity contribution in [1.29, 1.82) is 0 Å². The van der Waals surface area contributed by atoms with Gasteiger partial charge in [0.25, 0.3) is 5.91 Å². The van der Waals surface area contributed by atoms with Crippen molar-refractivity contribution in [3.63, 3.8) is 0 Å². The van der Waals surface area contributed by atoms with Gasteiger partial charge in [0.1, 0.15) is 17.4 Å². The maximum absolute atomic E-state index is 12.8. The molecule has 0 aliphatic rings. The predicted molar refractivity (Wildman–Crippen MR) is 132 cm³/mol. The highest BCUT2D eigenvalue weighted by Crippen LogP contribution is 2.23. The molecule has 0 saturated carbocycles. The minimum Gasteiger partial charge on any atom is -0.489 e. The Bertz CT molecular complexity index is 1250. The molecule has 4 aromatic rings. The number of rotatable bonds is 8. The molecule has 0 atom stereocenters. The number of anilines is 1. The molecule has 168 valence electrons. The first-order chi connectivity index (χ1) is 16.0. The maximum atomic E-state index is 12.8. The van der Waals surface area contributed by atoms with Gasteiger partial charge in [-0.15, -0.1) is 0 Å². The maximum Gasteiger partial charge on any atom is 0.256 e. The van der Waals surface area contributed by atoms with E-state index in [0.717, 1.165) is 23.3 Å². The Morgan fingerprint density at radius 3 is 2.52 bits per heavy atom. The van der Waals surface area contributed by atoms with Crippen LogP contribution in [0.4, 0.5) is 5.82 Å². The summed E-state index contributed by atoms with van der Waals surface area (Å²) >= 11 is 12.5. The lowest BCUT2D eigenvalue weighted by atomic mass is 10.1. The van der Waals surface area contributed by atoms with E-state index in [1.807, 2.05) is 60.7 Å². The Labute approximate surface area is 202 Å². The molecule has 1 amide bonds. The van der Waals surface area contributed by atoms with Crippen molar-refractivity contribution < 1.29 is 9.53 Å². The average Bonchev–Trinajstić information content (AvgIpc) is 3.18. The Morgan fingerprint density at radius 1 is 0.970 bits per heavy atom. The van der Waals surface area contributed by atoms with E-state index < -0.39 is 0 Å². The Balaban J connectivity index is 1.40. The van der Waals surface area contributed by atoms with E-state index in [0.29, 0.717) is 34.6 Å². The van der Waals surface area contributed by atoms with Crippen LogP contribution in [0.5, 0.6) is 5.75 Å². The lowest BCUT2D eigenvalue weighted by Gasteiger charge is -2.09. The van der Waals surface area contributed by atoms with Crippen molar-refractivity contribution in [2.75, 3.05) is 5.32 Å². The third-order valence-electron chi connectivity index (χ3n) is 5.17. The predicted octanol–water partition coefficient (Wildman–Crippen LogP) is 6.63. The molecule has 0 unspecified atom stereocenters. The van der Waals surface area contributed by atoms with Crippen molar-refractivity contribution >= 4 is 34.9 Å². The SMILES string of the molecule is CCc1ccc(OCc2cccc(C(=O)Nc3nn(Cc4ccccc4Cl)cc3Cl)c2)cc1. The number of ether oxygens (including phenoxy) is 1. The van der Waals surface area contributed by atoms with Gasteiger partial charge < -0.3 is 10.1 Å². The van der Waals surface area contributed by atoms with Crippen LogP contribution in [0.2, 0.25) is 10.0 Å². The monoisotopic (exact) mass is 479 g/mol. The van der Waals surface area contributed by atoms with Gasteiger partial charge >= 0.3 is 0 Å². The molecule has 4 rings (SSSR count). The number of hydrogen-bond acceptors (Lipinski definition) is 3. The zero-order valence-electron chi connectivity index (χ0n) is 18.1. The first kappa shape index (κ1) is 22.9. The largest absolute Gasteiger partial charge is 0.489 e. The first-order valence-electron chi connectivity index (χ1n) is 10.6. The molecule has 5 nitrogen and oxygen atoms in total. The second-order valence-electron chi connectivity index (χ2n) is 7.56. The fraction of sp³-hybridized carbons (Fsp3) is 0.154. The molecule has 0 spiro atoms. The number of hydrogen-bond donors (Lipinski definition) is 1. The first-order valence-corrected chi connectivity index (χ1v) is 11.4. The summed E-state index contributed by atoms with van der Waals surface area (Å²) < 4.78 is 7.50. The molecule has 7 heteroatoms. The van der Waals surface area contributed by atoms with Crippen LogP contribution in [0.3, 0.4) is 0 Å². The van der Waals surface area contributed by atoms with Gasteiger partial charge in [-0.05, 0) is 53.4 Å². The molecule has 3 aromatic carbocycles.